The van der Waals surface area contributed by atoms with Crippen molar-refractivity contribution in [3.05, 3.63) is 58.1 Å². The molecule has 0 aliphatic carbocycles. The van der Waals surface area contributed by atoms with Crippen LogP contribution in [0.2, 0.25) is 10.0 Å². The molecule has 0 spiro atoms. The van der Waals surface area contributed by atoms with Crippen molar-refractivity contribution in [2.24, 2.45) is 0 Å². The minimum absolute atomic E-state index is 0.0243. The van der Waals surface area contributed by atoms with Crippen LogP contribution in [0, 0.1) is 0 Å². The second-order valence-electron chi connectivity index (χ2n) is 9.60. The van der Waals surface area contributed by atoms with Gasteiger partial charge in [0.2, 0.25) is 21.8 Å². The second-order valence-corrected chi connectivity index (χ2v) is 12.3. The van der Waals surface area contributed by atoms with E-state index in [1.165, 1.54) is 4.90 Å². The molecule has 0 heterocycles. The number of nitrogens with zero attached hydrogens (tertiary/aromatic N) is 2. The first-order valence-corrected chi connectivity index (χ1v) is 14.5. The molecule has 1 N–H and O–H groups in total. The average molecular weight is 573 g/mol. The van der Waals surface area contributed by atoms with Crippen LogP contribution in [-0.4, -0.2) is 56.1 Å². The lowest BCUT2D eigenvalue weighted by Gasteiger charge is -2.34. The number of carbonyl (C=O) groups excluding carboxylic acids is 2. The average Bonchev–Trinajstić information content (AvgIpc) is 2.78. The standard InChI is InChI=1S/C26H35Cl2N3O5S/c1-7-21(25(33)29-26(3,4)5)30(16-18-13-14-19(27)20(28)15-18)24(32)17-31(37(6,34)35)22-11-9-10-12-23(22)36-8-2/h9-15,21H,7-8,16-17H2,1-6H3,(H,29,33)/t21-/m1/s1. The van der Waals surface area contributed by atoms with E-state index < -0.39 is 34.1 Å². The summed E-state index contributed by atoms with van der Waals surface area (Å²) in [6, 6.07) is 10.7. The van der Waals surface area contributed by atoms with E-state index in [4.69, 9.17) is 27.9 Å². The zero-order valence-corrected chi connectivity index (χ0v) is 24.4. The van der Waals surface area contributed by atoms with Gasteiger partial charge in [0, 0.05) is 12.1 Å². The maximum Gasteiger partial charge on any atom is 0.244 e. The van der Waals surface area contributed by atoms with Crippen LogP contribution in [0.15, 0.2) is 42.5 Å². The summed E-state index contributed by atoms with van der Waals surface area (Å²) in [5.41, 5.74) is 0.352. The molecular weight excluding hydrogens is 537 g/mol. The normalized spacial score (nSPS) is 12.5. The molecule has 11 heteroatoms. The third kappa shape index (κ3) is 8.79. The van der Waals surface area contributed by atoms with Gasteiger partial charge in [-0.3, -0.25) is 13.9 Å². The van der Waals surface area contributed by atoms with Gasteiger partial charge < -0.3 is 15.0 Å². The molecule has 0 unspecified atom stereocenters. The third-order valence-corrected chi connectivity index (χ3v) is 7.20. The molecule has 0 aliphatic heterocycles. The van der Waals surface area contributed by atoms with E-state index in [-0.39, 0.29) is 18.1 Å². The van der Waals surface area contributed by atoms with Crippen LogP contribution in [0.25, 0.3) is 0 Å². The lowest BCUT2D eigenvalue weighted by molar-refractivity contribution is -0.141. The Kier molecular flexibility index (Phi) is 10.7. The SMILES string of the molecule is CCOc1ccccc1N(CC(=O)N(Cc1ccc(Cl)c(Cl)c1)[C@H](CC)C(=O)NC(C)(C)C)S(C)(=O)=O. The van der Waals surface area contributed by atoms with Gasteiger partial charge in [-0.2, -0.15) is 0 Å². The van der Waals surface area contributed by atoms with Crippen molar-refractivity contribution in [3.8, 4) is 5.75 Å². The van der Waals surface area contributed by atoms with Crippen molar-refractivity contribution in [3.63, 3.8) is 0 Å². The number of hydrogen-bond acceptors (Lipinski definition) is 5. The van der Waals surface area contributed by atoms with Crippen LogP contribution in [0.5, 0.6) is 5.75 Å². The van der Waals surface area contributed by atoms with Crippen molar-refractivity contribution >= 4 is 50.7 Å². The fourth-order valence-corrected chi connectivity index (χ4v) is 4.92. The first-order valence-electron chi connectivity index (χ1n) is 11.9. The number of carbonyl (C=O) groups is 2. The van der Waals surface area contributed by atoms with Crippen molar-refractivity contribution < 1.29 is 22.7 Å². The first kappa shape index (κ1) is 30.7. The first-order chi connectivity index (χ1) is 17.2. The number of benzene rings is 2. The Morgan fingerprint density at radius 1 is 1.05 bits per heavy atom. The van der Waals surface area contributed by atoms with Crippen LogP contribution < -0.4 is 14.4 Å². The Hall–Kier alpha value is -2.49. The number of halogens is 2. The monoisotopic (exact) mass is 571 g/mol. The van der Waals surface area contributed by atoms with Gasteiger partial charge in [-0.15, -0.1) is 0 Å². The summed E-state index contributed by atoms with van der Waals surface area (Å²) in [6.07, 6.45) is 1.33. The molecule has 37 heavy (non-hydrogen) atoms. The molecule has 0 aromatic heterocycles. The maximum absolute atomic E-state index is 13.8. The minimum Gasteiger partial charge on any atom is -0.492 e. The molecule has 8 nitrogen and oxygen atoms in total. The Balaban J connectivity index is 2.53. The van der Waals surface area contributed by atoms with E-state index in [1.807, 2.05) is 20.8 Å². The number of sulfonamides is 1. The fraction of sp³-hybridized carbons (Fsp3) is 0.462. The van der Waals surface area contributed by atoms with Gasteiger partial charge in [-0.05, 0) is 63.9 Å². The molecule has 0 radical (unpaired) electrons. The zero-order chi connectivity index (χ0) is 28.0. The van der Waals surface area contributed by atoms with Gasteiger partial charge in [0.1, 0.15) is 18.3 Å². The van der Waals surface area contributed by atoms with E-state index in [0.29, 0.717) is 34.4 Å². The highest BCUT2D eigenvalue weighted by atomic mass is 35.5. The van der Waals surface area contributed by atoms with Crippen molar-refractivity contribution in [2.45, 2.75) is 59.2 Å². The molecule has 204 valence electrons. The number of amides is 2. The second kappa shape index (κ2) is 12.8. The lowest BCUT2D eigenvalue weighted by Crippen LogP contribution is -2.55. The van der Waals surface area contributed by atoms with E-state index in [9.17, 15) is 18.0 Å². The molecule has 1 atom stereocenters. The minimum atomic E-state index is -3.89. The molecule has 0 aliphatic rings. The van der Waals surface area contributed by atoms with Crippen LogP contribution in [-0.2, 0) is 26.2 Å². The van der Waals surface area contributed by atoms with Gasteiger partial charge in [-0.1, -0.05) is 48.3 Å². The molecule has 2 aromatic carbocycles. The number of rotatable bonds is 11. The van der Waals surface area contributed by atoms with Gasteiger partial charge in [0.25, 0.3) is 0 Å². The molecule has 2 aromatic rings. The topological polar surface area (TPSA) is 96.0 Å². The summed E-state index contributed by atoms with van der Waals surface area (Å²) in [5, 5.41) is 3.59. The van der Waals surface area contributed by atoms with Gasteiger partial charge in [-0.25, -0.2) is 8.42 Å². The molecule has 0 fully saturated rings. The predicted octanol–water partition coefficient (Wildman–Crippen LogP) is 4.88. The molecule has 0 saturated carbocycles. The zero-order valence-electron chi connectivity index (χ0n) is 22.0. The summed E-state index contributed by atoms with van der Waals surface area (Å²) >= 11 is 12.3. The summed E-state index contributed by atoms with van der Waals surface area (Å²) in [6.45, 7) is 8.93. The molecule has 2 amide bonds. The number of anilines is 1. The number of para-hydroxylation sites is 2. The lowest BCUT2D eigenvalue weighted by atomic mass is 10.1. The molecule has 2 rings (SSSR count). The maximum atomic E-state index is 13.8. The van der Waals surface area contributed by atoms with Crippen LogP contribution in [0.3, 0.4) is 0 Å². The summed E-state index contributed by atoms with van der Waals surface area (Å²) in [5.74, 6) is -0.570. The van der Waals surface area contributed by atoms with Gasteiger partial charge in [0.05, 0.1) is 28.6 Å². The van der Waals surface area contributed by atoms with Crippen LogP contribution in [0.4, 0.5) is 5.69 Å². The van der Waals surface area contributed by atoms with E-state index in [1.54, 1.807) is 56.3 Å². The largest absolute Gasteiger partial charge is 0.492 e. The number of ether oxygens (including phenoxy) is 1. The van der Waals surface area contributed by atoms with Crippen LogP contribution in [0.1, 0.15) is 46.6 Å². The predicted molar refractivity (Wildman–Crippen MR) is 149 cm³/mol. The van der Waals surface area contributed by atoms with Crippen molar-refractivity contribution in [1.29, 1.82) is 0 Å². The Morgan fingerprint density at radius 2 is 1.70 bits per heavy atom. The third-order valence-electron chi connectivity index (χ3n) is 5.33. The smallest absolute Gasteiger partial charge is 0.244 e. The van der Waals surface area contributed by atoms with Crippen molar-refractivity contribution in [2.75, 3.05) is 23.7 Å². The summed E-state index contributed by atoms with van der Waals surface area (Å²) in [4.78, 5) is 28.4. The number of nitrogens with one attached hydrogen (secondary N) is 1. The number of hydrogen-bond donors (Lipinski definition) is 1. The van der Waals surface area contributed by atoms with Crippen molar-refractivity contribution in [1.82, 2.24) is 10.2 Å². The van der Waals surface area contributed by atoms with E-state index in [0.717, 1.165) is 10.6 Å². The van der Waals surface area contributed by atoms with Crippen LogP contribution >= 0.6 is 23.2 Å². The highest BCUT2D eigenvalue weighted by Crippen LogP contribution is 2.30. The molecular formula is C26H35Cl2N3O5S. The Bertz CT molecular complexity index is 1210. The fourth-order valence-electron chi connectivity index (χ4n) is 3.74. The highest BCUT2D eigenvalue weighted by Gasteiger charge is 2.33. The Labute approximate surface area is 229 Å². The highest BCUT2D eigenvalue weighted by molar-refractivity contribution is 7.92. The molecule has 0 saturated heterocycles. The Morgan fingerprint density at radius 3 is 2.24 bits per heavy atom. The van der Waals surface area contributed by atoms with Gasteiger partial charge in [0.15, 0.2) is 0 Å². The summed E-state index contributed by atoms with van der Waals surface area (Å²) < 4.78 is 32.3. The quantitative estimate of drug-likeness (QED) is 0.414. The molecule has 0 bridgehead atoms. The van der Waals surface area contributed by atoms with Gasteiger partial charge >= 0.3 is 0 Å². The van der Waals surface area contributed by atoms with E-state index >= 15 is 0 Å². The van der Waals surface area contributed by atoms with E-state index in [2.05, 4.69) is 5.32 Å². The summed E-state index contributed by atoms with van der Waals surface area (Å²) in [7, 11) is -3.89.